The van der Waals surface area contributed by atoms with Crippen LogP contribution in [0.1, 0.15) is 19.8 Å². The molecule has 0 heterocycles. The molecule has 0 aromatic rings. The molecule has 1 aliphatic carbocycles. The molecule has 0 amide bonds. The van der Waals surface area contributed by atoms with Crippen molar-refractivity contribution in [1.29, 1.82) is 0 Å². The SMILES string of the molecule is CC1=C/C(=N\N=C(N)N)CC1. The minimum absolute atomic E-state index is 0.00968. The Hall–Kier alpha value is -1.32. The van der Waals surface area contributed by atoms with E-state index in [9.17, 15) is 0 Å². The van der Waals surface area contributed by atoms with E-state index in [1.165, 1.54) is 5.57 Å². The maximum absolute atomic E-state index is 5.11. The fourth-order valence-electron chi connectivity index (χ4n) is 0.955. The largest absolute Gasteiger partial charge is 0.369 e. The molecule has 0 saturated heterocycles. The van der Waals surface area contributed by atoms with Gasteiger partial charge in [0.2, 0.25) is 5.96 Å². The highest BCUT2D eigenvalue weighted by atomic mass is 15.3. The van der Waals surface area contributed by atoms with Crippen molar-refractivity contribution in [3.8, 4) is 0 Å². The molecular weight excluding hydrogens is 140 g/mol. The van der Waals surface area contributed by atoms with Gasteiger partial charge in [-0.05, 0) is 25.8 Å². The molecule has 1 aliphatic rings. The minimum atomic E-state index is 0.00968. The Bertz CT molecular complexity index is 233. The zero-order chi connectivity index (χ0) is 8.27. The van der Waals surface area contributed by atoms with Crippen LogP contribution in [-0.2, 0) is 0 Å². The molecule has 0 aliphatic heterocycles. The molecule has 0 spiro atoms. The molecule has 0 radical (unpaired) electrons. The molecule has 4 heteroatoms. The van der Waals surface area contributed by atoms with Crippen molar-refractivity contribution in [1.82, 2.24) is 0 Å². The van der Waals surface area contributed by atoms with Gasteiger partial charge in [-0.1, -0.05) is 5.57 Å². The Morgan fingerprint density at radius 2 is 2.18 bits per heavy atom. The third kappa shape index (κ3) is 2.41. The second kappa shape index (κ2) is 3.18. The zero-order valence-corrected chi connectivity index (χ0v) is 6.54. The van der Waals surface area contributed by atoms with Gasteiger partial charge in [-0.25, -0.2) is 0 Å². The first-order valence-electron chi connectivity index (χ1n) is 3.51. The number of allylic oxidation sites excluding steroid dienone is 2. The lowest BCUT2D eigenvalue weighted by atomic mass is 10.3. The number of nitrogens with zero attached hydrogens (tertiary/aromatic N) is 2. The van der Waals surface area contributed by atoms with Gasteiger partial charge in [-0.15, -0.1) is 5.10 Å². The molecule has 4 N–H and O–H groups in total. The van der Waals surface area contributed by atoms with Gasteiger partial charge in [0.1, 0.15) is 0 Å². The van der Waals surface area contributed by atoms with E-state index in [1.807, 2.05) is 6.08 Å². The van der Waals surface area contributed by atoms with Crippen molar-refractivity contribution in [2.45, 2.75) is 19.8 Å². The first-order valence-corrected chi connectivity index (χ1v) is 3.51. The van der Waals surface area contributed by atoms with Crippen LogP contribution in [0.5, 0.6) is 0 Å². The van der Waals surface area contributed by atoms with Crippen LogP contribution >= 0.6 is 0 Å². The second-order valence-electron chi connectivity index (χ2n) is 2.61. The van der Waals surface area contributed by atoms with Crippen molar-refractivity contribution in [2.24, 2.45) is 21.7 Å². The summed E-state index contributed by atoms with van der Waals surface area (Å²) in [5.74, 6) is 0.00968. The van der Waals surface area contributed by atoms with Crippen molar-refractivity contribution >= 4 is 11.7 Å². The first kappa shape index (κ1) is 7.78. The molecule has 0 atom stereocenters. The Labute approximate surface area is 65.7 Å². The van der Waals surface area contributed by atoms with Gasteiger partial charge in [0.25, 0.3) is 0 Å². The van der Waals surface area contributed by atoms with Crippen molar-refractivity contribution < 1.29 is 0 Å². The first-order chi connectivity index (χ1) is 5.18. The van der Waals surface area contributed by atoms with Gasteiger partial charge in [-0.3, -0.25) is 0 Å². The molecule has 11 heavy (non-hydrogen) atoms. The summed E-state index contributed by atoms with van der Waals surface area (Å²) >= 11 is 0. The van der Waals surface area contributed by atoms with Crippen LogP contribution in [0.3, 0.4) is 0 Å². The maximum atomic E-state index is 5.11. The van der Waals surface area contributed by atoms with E-state index < -0.39 is 0 Å². The summed E-state index contributed by atoms with van der Waals surface area (Å²) in [6.07, 6.45) is 4.02. The van der Waals surface area contributed by atoms with E-state index in [1.54, 1.807) is 0 Å². The van der Waals surface area contributed by atoms with Crippen LogP contribution in [0.2, 0.25) is 0 Å². The van der Waals surface area contributed by atoms with E-state index in [2.05, 4.69) is 17.1 Å². The Kier molecular flexibility index (Phi) is 2.25. The van der Waals surface area contributed by atoms with Crippen molar-refractivity contribution in [3.05, 3.63) is 11.6 Å². The topological polar surface area (TPSA) is 76.8 Å². The molecule has 1 rings (SSSR count). The predicted molar refractivity (Wildman–Crippen MR) is 46.2 cm³/mol. The molecule has 0 fully saturated rings. The number of hydrogen-bond donors (Lipinski definition) is 2. The minimum Gasteiger partial charge on any atom is -0.369 e. The number of nitrogens with two attached hydrogens (primary N) is 2. The van der Waals surface area contributed by atoms with Gasteiger partial charge in [-0.2, -0.15) is 5.10 Å². The Balaban J connectivity index is 2.63. The number of rotatable bonds is 1. The van der Waals surface area contributed by atoms with Gasteiger partial charge < -0.3 is 11.5 Å². The van der Waals surface area contributed by atoms with Crippen LogP contribution < -0.4 is 11.5 Å². The molecule has 0 aromatic heterocycles. The summed E-state index contributed by atoms with van der Waals surface area (Å²) in [7, 11) is 0. The standard InChI is InChI=1S/C7H12N4/c1-5-2-3-6(4-5)10-11-7(8)9/h4H,2-3H2,1H3,(H4,8,9,11)/b10-6-. The fraction of sp³-hybridized carbons (Fsp3) is 0.429. The zero-order valence-electron chi connectivity index (χ0n) is 6.54. The van der Waals surface area contributed by atoms with Crippen LogP contribution in [0.25, 0.3) is 0 Å². The molecular formula is C7H12N4. The van der Waals surface area contributed by atoms with Crippen LogP contribution in [-0.4, -0.2) is 11.7 Å². The lowest BCUT2D eigenvalue weighted by Crippen LogP contribution is -2.22. The molecule has 0 aromatic carbocycles. The lowest BCUT2D eigenvalue weighted by molar-refractivity contribution is 1.05. The summed E-state index contributed by atoms with van der Waals surface area (Å²) in [4.78, 5) is 0. The number of guanidine groups is 1. The lowest BCUT2D eigenvalue weighted by Gasteiger charge is -1.87. The van der Waals surface area contributed by atoms with Gasteiger partial charge in [0.05, 0.1) is 5.71 Å². The molecule has 60 valence electrons. The summed E-state index contributed by atoms with van der Waals surface area (Å²) in [6, 6.07) is 0. The molecule has 0 saturated carbocycles. The highest BCUT2D eigenvalue weighted by molar-refractivity contribution is 5.98. The van der Waals surface area contributed by atoms with E-state index in [0.717, 1.165) is 18.6 Å². The quantitative estimate of drug-likeness (QED) is 0.323. The maximum Gasteiger partial charge on any atom is 0.211 e. The van der Waals surface area contributed by atoms with Crippen LogP contribution in [0.4, 0.5) is 0 Å². The Morgan fingerprint density at radius 1 is 1.45 bits per heavy atom. The number of hydrogen-bond acceptors (Lipinski definition) is 2. The smallest absolute Gasteiger partial charge is 0.211 e. The van der Waals surface area contributed by atoms with Gasteiger partial charge in [0, 0.05) is 0 Å². The third-order valence-corrected chi connectivity index (χ3v) is 1.48. The highest BCUT2D eigenvalue weighted by Gasteiger charge is 2.05. The van der Waals surface area contributed by atoms with E-state index in [0.29, 0.717) is 0 Å². The normalized spacial score (nSPS) is 20.1. The van der Waals surface area contributed by atoms with Crippen molar-refractivity contribution in [3.63, 3.8) is 0 Å². The monoisotopic (exact) mass is 152 g/mol. The predicted octanol–water partition coefficient (Wildman–Crippen LogP) is 0.356. The van der Waals surface area contributed by atoms with Crippen molar-refractivity contribution in [2.75, 3.05) is 0 Å². The summed E-state index contributed by atoms with van der Waals surface area (Å²) in [6.45, 7) is 2.07. The second-order valence-corrected chi connectivity index (χ2v) is 2.61. The van der Waals surface area contributed by atoms with E-state index in [-0.39, 0.29) is 5.96 Å². The third-order valence-electron chi connectivity index (χ3n) is 1.48. The van der Waals surface area contributed by atoms with E-state index >= 15 is 0 Å². The fourth-order valence-corrected chi connectivity index (χ4v) is 0.955. The molecule has 4 nitrogen and oxygen atoms in total. The molecule has 0 unspecified atom stereocenters. The summed E-state index contributed by atoms with van der Waals surface area (Å²) in [5, 5.41) is 7.41. The average Bonchev–Trinajstić information content (AvgIpc) is 2.31. The van der Waals surface area contributed by atoms with Gasteiger partial charge in [0.15, 0.2) is 0 Å². The summed E-state index contributed by atoms with van der Waals surface area (Å²) < 4.78 is 0. The van der Waals surface area contributed by atoms with E-state index in [4.69, 9.17) is 11.5 Å². The van der Waals surface area contributed by atoms with Gasteiger partial charge >= 0.3 is 0 Å². The highest BCUT2D eigenvalue weighted by Crippen LogP contribution is 2.14. The van der Waals surface area contributed by atoms with Crippen LogP contribution in [0, 0.1) is 0 Å². The summed E-state index contributed by atoms with van der Waals surface area (Å²) in [5.41, 5.74) is 12.5. The van der Waals surface area contributed by atoms with Crippen LogP contribution in [0.15, 0.2) is 21.9 Å². The average molecular weight is 152 g/mol. The molecule has 0 bridgehead atoms. The Morgan fingerprint density at radius 3 is 2.64 bits per heavy atom.